The highest BCUT2D eigenvalue weighted by Gasteiger charge is 2.19. The molecule has 1 saturated heterocycles. The molecule has 0 amide bonds. The molecule has 7 heteroatoms. The molecule has 2 heterocycles. The maximum atomic E-state index is 12.7. The molecule has 26 heavy (non-hydrogen) atoms. The van der Waals surface area contributed by atoms with Gasteiger partial charge in [-0.2, -0.15) is 0 Å². The lowest BCUT2D eigenvalue weighted by Gasteiger charge is -2.26. The predicted octanol–water partition coefficient (Wildman–Crippen LogP) is 2.20. The van der Waals surface area contributed by atoms with Gasteiger partial charge in [0.2, 0.25) is 0 Å². The van der Waals surface area contributed by atoms with Crippen LogP contribution in [0.15, 0.2) is 41.3 Å². The number of aromatic nitrogens is 1. The molecule has 1 aromatic heterocycles. The number of pyridine rings is 1. The van der Waals surface area contributed by atoms with E-state index in [1.165, 1.54) is 5.56 Å². The lowest BCUT2D eigenvalue weighted by Crippen LogP contribution is -2.35. The Kier molecular flexibility index (Phi) is 4.93. The van der Waals surface area contributed by atoms with Crippen molar-refractivity contribution in [3.63, 3.8) is 0 Å². The Labute approximate surface area is 154 Å². The van der Waals surface area contributed by atoms with E-state index in [1.54, 1.807) is 18.2 Å². The quantitative estimate of drug-likeness (QED) is 0.870. The monoisotopic (exact) mass is 373 g/mol. The number of sulfonamides is 1. The van der Waals surface area contributed by atoms with Crippen molar-refractivity contribution < 1.29 is 13.2 Å². The van der Waals surface area contributed by atoms with Gasteiger partial charge in [0.05, 0.1) is 23.8 Å². The van der Waals surface area contributed by atoms with Crippen LogP contribution in [0.1, 0.15) is 23.2 Å². The zero-order valence-corrected chi connectivity index (χ0v) is 15.5. The molecule has 0 atom stereocenters. The molecule has 0 spiro atoms. The lowest BCUT2D eigenvalue weighted by atomic mass is 10.1. The van der Waals surface area contributed by atoms with Gasteiger partial charge in [0.15, 0.2) is 0 Å². The number of rotatable bonds is 5. The molecule has 0 radical (unpaired) electrons. The van der Waals surface area contributed by atoms with E-state index in [0.29, 0.717) is 17.3 Å². The fourth-order valence-electron chi connectivity index (χ4n) is 3.52. The molecule has 4 rings (SSSR count). The van der Waals surface area contributed by atoms with Crippen molar-refractivity contribution >= 4 is 15.8 Å². The first kappa shape index (κ1) is 17.5. The van der Waals surface area contributed by atoms with Gasteiger partial charge >= 0.3 is 0 Å². The van der Waals surface area contributed by atoms with Gasteiger partial charge in [-0.25, -0.2) is 13.4 Å². The minimum atomic E-state index is -3.63. The maximum absolute atomic E-state index is 12.7. The highest BCUT2D eigenvalue weighted by atomic mass is 32.2. The van der Waals surface area contributed by atoms with Crippen molar-refractivity contribution in [1.29, 1.82) is 0 Å². The molecule has 2 aliphatic rings. The molecule has 1 aliphatic carbocycles. The first-order valence-electron chi connectivity index (χ1n) is 9.01. The zero-order chi connectivity index (χ0) is 18.0. The SMILES string of the molecule is O=S(=O)(Nc1cccc(CN2CCOCC2)n1)c1ccc2c(c1)CCC2. The second kappa shape index (κ2) is 7.34. The van der Waals surface area contributed by atoms with E-state index in [4.69, 9.17) is 4.74 Å². The van der Waals surface area contributed by atoms with E-state index in [2.05, 4.69) is 14.6 Å². The Balaban J connectivity index is 1.50. The van der Waals surface area contributed by atoms with Crippen LogP contribution in [0.4, 0.5) is 5.82 Å². The smallest absolute Gasteiger partial charge is 0.263 e. The first-order valence-corrected chi connectivity index (χ1v) is 10.5. The van der Waals surface area contributed by atoms with Crippen molar-refractivity contribution in [3.05, 3.63) is 53.2 Å². The molecule has 6 nitrogen and oxygen atoms in total. The van der Waals surface area contributed by atoms with Gasteiger partial charge in [0.25, 0.3) is 10.0 Å². The number of hydrogen-bond donors (Lipinski definition) is 1. The average molecular weight is 373 g/mol. The van der Waals surface area contributed by atoms with Crippen LogP contribution in [-0.4, -0.2) is 44.6 Å². The number of ether oxygens (including phenoxy) is 1. The van der Waals surface area contributed by atoms with E-state index in [9.17, 15) is 8.42 Å². The third-order valence-electron chi connectivity index (χ3n) is 4.92. The Bertz CT molecular complexity index is 893. The average Bonchev–Trinajstić information content (AvgIpc) is 3.10. The normalized spacial score (nSPS) is 17.8. The molecule has 0 saturated carbocycles. The van der Waals surface area contributed by atoms with Crippen LogP contribution in [-0.2, 0) is 34.1 Å². The Hall–Kier alpha value is -1.96. The second-order valence-corrected chi connectivity index (χ2v) is 8.47. The summed E-state index contributed by atoms with van der Waals surface area (Å²) in [6.07, 6.45) is 3.08. The van der Waals surface area contributed by atoms with Gasteiger partial charge in [-0.3, -0.25) is 9.62 Å². The van der Waals surface area contributed by atoms with Gasteiger partial charge in [-0.05, 0) is 54.7 Å². The summed E-state index contributed by atoms with van der Waals surface area (Å²) in [5.74, 6) is 0.358. The number of benzene rings is 1. The molecule has 0 bridgehead atoms. The fraction of sp³-hybridized carbons (Fsp3) is 0.421. The molecule has 1 aliphatic heterocycles. The van der Waals surface area contributed by atoms with Crippen LogP contribution in [0.5, 0.6) is 0 Å². The van der Waals surface area contributed by atoms with E-state index in [1.807, 2.05) is 18.2 Å². The van der Waals surface area contributed by atoms with Crippen molar-refractivity contribution in [2.45, 2.75) is 30.7 Å². The molecule has 1 fully saturated rings. The fourth-order valence-corrected chi connectivity index (χ4v) is 4.58. The van der Waals surface area contributed by atoms with E-state index in [-0.39, 0.29) is 0 Å². The third kappa shape index (κ3) is 3.90. The number of aryl methyl sites for hydroxylation is 2. The van der Waals surface area contributed by atoms with E-state index < -0.39 is 10.0 Å². The number of morpholine rings is 1. The molecular weight excluding hydrogens is 350 g/mol. The Morgan fingerprint density at radius 3 is 2.73 bits per heavy atom. The molecule has 138 valence electrons. The van der Waals surface area contributed by atoms with Crippen LogP contribution < -0.4 is 4.72 Å². The Morgan fingerprint density at radius 2 is 1.88 bits per heavy atom. The number of fused-ring (bicyclic) bond motifs is 1. The summed E-state index contributed by atoms with van der Waals surface area (Å²) in [6.45, 7) is 3.88. The van der Waals surface area contributed by atoms with Crippen LogP contribution in [0.3, 0.4) is 0 Å². The van der Waals surface area contributed by atoms with Crippen molar-refractivity contribution in [3.8, 4) is 0 Å². The van der Waals surface area contributed by atoms with Gasteiger partial charge in [0.1, 0.15) is 5.82 Å². The molecule has 2 aromatic rings. The predicted molar refractivity (Wildman–Crippen MR) is 99.6 cm³/mol. The molecular formula is C19H23N3O3S. The van der Waals surface area contributed by atoms with Crippen LogP contribution >= 0.6 is 0 Å². The molecule has 1 aromatic carbocycles. The number of anilines is 1. The standard InChI is InChI=1S/C19H23N3O3S/c23-26(24,18-8-7-15-3-1-4-16(15)13-18)21-19-6-2-5-17(20-19)14-22-9-11-25-12-10-22/h2,5-8,13H,1,3-4,9-12,14H2,(H,20,21). The minimum absolute atomic E-state index is 0.304. The maximum Gasteiger partial charge on any atom is 0.263 e. The summed E-state index contributed by atoms with van der Waals surface area (Å²) >= 11 is 0. The summed E-state index contributed by atoms with van der Waals surface area (Å²) in [5, 5.41) is 0. The number of hydrogen-bond acceptors (Lipinski definition) is 5. The zero-order valence-electron chi connectivity index (χ0n) is 14.6. The Morgan fingerprint density at radius 1 is 1.08 bits per heavy atom. The van der Waals surface area contributed by atoms with Crippen molar-refractivity contribution in [2.75, 3.05) is 31.0 Å². The van der Waals surface area contributed by atoms with Crippen molar-refractivity contribution in [2.24, 2.45) is 0 Å². The minimum Gasteiger partial charge on any atom is -0.379 e. The largest absolute Gasteiger partial charge is 0.379 e. The summed E-state index contributed by atoms with van der Waals surface area (Å²) < 4.78 is 33.4. The topological polar surface area (TPSA) is 71.5 Å². The molecule has 1 N–H and O–H groups in total. The van der Waals surface area contributed by atoms with Crippen LogP contribution in [0.25, 0.3) is 0 Å². The van der Waals surface area contributed by atoms with Gasteiger partial charge in [-0.1, -0.05) is 12.1 Å². The van der Waals surface area contributed by atoms with E-state index >= 15 is 0 Å². The van der Waals surface area contributed by atoms with Gasteiger partial charge < -0.3 is 4.74 Å². The highest BCUT2D eigenvalue weighted by molar-refractivity contribution is 7.92. The van der Waals surface area contributed by atoms with Gasteiger partial charge in [0, 0.05) is 19.6 Å². The first-order chi connectivity index (χ1) is 12.6. The lowest BCUT2D eigenvalue weighted by molar-refractivity contribution is 0.0337. The molecule has 0 unspecified atom stereocenters. The van der Waals surface area contributed by atoms with Crippen molar-refractivity contribution in [1.82, 2.24) is 9.88 Å². The summed E-state index contributed by atoms with van der Waals surface area (Å²) in [5.41, 5.74) is 3.25. The van der Waals surface area contributed by atoms with E-state index in [0.717, 1.165) is 56.8 Å². The van der Waals surface area contributed by atoms with Crippen LogP contribution in [0.2, 0.25) is 0 Å². The summed E-state index contributed by atoms with van der Waals surface area (Å²) in [4.78, 5) is 7.04. The second-order valence-electron chi connectivity index (χ2n) is 6.79. The highest BCUT2D eigenvalue weighted by Crippen LogP contribution is 2.25. The number of nitrogens with zero attached hydrogens (tertiary/aromatic N) is 2. The summed E-state index contributed by atoms with van der Waals surface area (Å²) in [7, 11) is -3.63. The van der Waals surface area contributed by atoms with Crippen LogP contribution in [0, 0.1) is 0 Å². The number of nitrogens with one attached hydrogen (secondary N) is 1. The third-order valence-corrected chi connectivity index (χ3v) is 6.27. The van der Waals surface area contributed by atoms with Gasteiger partial charge in [-0.15, -0.1) is 0 Å². The summed E-state index contributed by atoms with van der Waals surface area (Å²) in [6, 6.07) is 10.9.